The molecule has 0 spiro atoms. The SMILES string of the molecule is O=c1cc[nH]c(Cl)c1CBr. The lowest BCUT2D eigenvalue weighted by molar-refractivity contribution is 1.22. The molecule has 0 bridgehead atoms. The van der Waals surface area contributed by atoms with Gasteiger partial charge in [0.05, 0.1) is 0 Å². The van der Waals surface area contributed by atoms with Gasteiger partial charge in [0.25, 0.3) is 0 Å². The van der Waals surface area contributed by atoms with E-state index >= 15 is 0 Å². The van der Waals surface area contributed by atoms with Crippen LogP contribution < -0.4 is 5.43 Å². The Kier molecular flexibility index (Phi) is 2.51. The van der Waals surface area contributed by atoms with Crippen molar-refractivity contribution in [1.29, 1.82) is 0 Å². The molecule has 1 heterocycles. The molecule has 0 radical (unpaired) electrons. The summed E-state index contributed by atoms with van der Waals surface area (Å²) in [5.74, 6) is 0. The summed E-state index contributed by atoms with van der Waals surface area (Å²) >= 11 is 8.80. The van der Waals surface area contributed by atoms with Crippen molar-refractivity contribution in [3.05, 3.63) is 33.2 Å². The van der Waals surface area contributed by atoms with Gasteiger partial charge < -0.3 is 4.98 Å². The summed E-state index contributed by atoms with van der Waals surface area (Å²) in [6.45, 7) is 0. The Morgan fingerprint density at radius 2 is 2.40 bits per heavy atom. The summed E-state index contributed by atoms with van der Waals surface area (Å²) in [4.78, 5) is 13.7. The van der Waals surface area contributed by atoms with Gasteiger partial charge in [-0.3, -0.25) is 4.79 Å². The van der Waals surface area contributed by atoms with Gasteiger partial charge in [-0.25, -0.2) is 0 Å². The molecular weight excluding hydrogens is 217 g/mol. The van der Waals surface area contributed by atoms with E-state index in [2.05, 4.69) is 20.9 Å². The van der Waals surface area contributed by atoms with Crippen LogP contribution in [0, 0.1) is 0 Å². The minimum atomic E-state index is -0.0411. The molecule has 0 aromatic carbocycles. The van der Waals surface area contributed by atoms with Gasteiger partial charge in [0.1, 0.15) is 5.15 Å². The Morgan fingerprint density at radius 1 is 1.70 bits per heavy atom. The molecule has 0 unspecified atom stereocenters. The van der Waals surface area contributed by atoms with Crippen LogP contribution in [0.3, 0.4) is 0 Å². The summed E-state index contributed by atoms with van der Waals surface area (Å²) in [5, 5.41) is 0.895. The number of H-pyrrole nitrogens is 1. The van der Waals surface area contributed by atoms with Gasteiger partial charge in [-0.05, 0) is 0 Å². The van der Waals surface area contributed by atoms with E-state index < -0.39 is 0 Å². The largest absolute Gasteiger partial charge is 0.352 e. The number of hydrogen-bond acceptors (Lipinski definition) is 1. The second-order valence-electron chi connectivity index (χ2n) is 1.77. The molecule has 0 aliphatic rings. The lowest BCUT2D eigenvalue weighted by Crippen LogP contribution is -2.06. The third-order valence-electron chi connectivity index (χ3n) is 1.14. The fraction of sp³-hybridized carbons (Fsp3) is 0.167. The first-order valence-corrected chi connectivity index (χ1v) is 4.17. The van der Waals surface area contributed by atoms with Crippen molar-refractivity contribution in [2.45, 2.75) is 5.33 Å². The number of aromatic nitrogens is 1. The van der Waals surface area contributed by atoms with Crippen molar-refractivity contribution in [2.24, 2.45) is 0 Å². The predicted molar refractivity (Wildman–Crippen MR) is 44.7 cm³/mol. The van der Waals surface area contributed by atoms with E-state index in [-0.39, 0.29) is 5.43 Å². The van der Waals surface area contributed by atoms with E-state index in [1.807, 2.05) is 0 Å². The minimum absolute atomic E-state index is 0.0411. The molecular formula is C6H5BrClNO. The van der Waals surface area contributed by atoms with E-state index in [9.17, 15) is 4.79 Å². The van der Waals surface area contributed by atoms with Gasteiger partial charge in [-0.15, -0.1) is 0 Å². The molecule has 0 saturated heterocycles. The molecule has 0 aliphatic heterocycles. The quantitative estimate of drug-likeness (QED) is 0.571. The van der Waals surface area contributed by atoms with E-state index in [0.717, 1.165) is 0 Å². The van der Waals surface area contributed by atoms with Gasteiger partial charge in [0.15, 0.2) is 5.43 Å². The van der Waals surface area contributed by atoms with Crippen molar-refractivity contribution in [3.8, 4) is 0 Å². The Morgan fingerprint density at radius 3 is 2.80 bits per heavy atom. The Bertz CT molecular complexity index is 283. The van der Waals surface area contributed by atoms with Crippen molar-refractivity contribution in [2.75, 3.05) is 0 Å². The third kappa shape index (κ3) is 1.41. The molecule has 0 saturated carbocycles. The molecule has 0 aliphatic carbocycles. The van der Waals surface area contributed by atoms with Gasteiger partial charge in [0.2, 0.25) is 0 Å². The molecule has 4 heteroatoms. The number of pyridine rings is 1. The van der Waals surface area contributed by atoms with Crippen molar-refractivity contribution >= 4 is 27.5 Å². The Labute approximate surface area is 71.3 Å². The summed E-state index contributed by atoms with van der Waals surface area (Å²) in [6.07, 6.45) is 1.52. The zero-order chi connectivity index (χ0) is 7.56. The third-order valence-corrected chi connectivity index (χ3v) is 2.04. The van der Waals surface area contributed by atoms with Crippen molar-refractivity contribution < 1.29 is 0 Å². The molecule has 1 rings (SSSR count). The van der Waals surface area contributed by atoms with Crippen LogP contribution in [0.4, 0.5) is 0 Å². The highest BCUT2D eigenvalue weighted by Crippen LogP contribution is 2.09. The number of halogens is 2. The van der Waals surface area contributed by atoms with E-state index in [0.29, 0.717) is 16.0 Å². The normalized spacial score (nSPS) is 9.80. The Hall–Kier alpha value is -0.280. The first-order valence-electron chi connectivity index (χ1n) is 2.67. The molecule has 0 fully saturated rings. The van der Waals surface area contributed by atoms with Crippen LogP contribution in [0.25, 0.3) is 0 Å². The lowest BCUT2D eigenvalue weighted by Gasteiger charge is -1.95. The first kappa shape index (κ1) is 7.82. The number of alkyl halides is 1. The zero-order valence-corrected chi connectivity index (χ0v) is 7.37. The fourth-order valence-corrected chi connectivity index (χ4v) is 1.55. The highest BCUT2D eigenvalue weighted by atomic mass is 79.9. The summed E-state index contributed by atoms with van der Waals surface area (Å²) in [5.41, 5.74) is 0.532. The first-order chi connectivity index (χ1) is 4.75. The van der Waals surface area contributed by atoms with Crippen LogP contribution in [-0.2, 0) is 5.33 Å². The second-order valence-corrected chi connectivity index (χ2v) is 2.71. The van der Waals surface area contributed by atoms with Crippen LogP contribution in [0.5, 0.6) is 0 Å². The topological polar surface area (TPSA) is 32.9 Å². The molecule has 1 aromatic rings. The average Bonchev–Trinajstić information content (AvgIpc) is 1.88. The fourth-order valence-electron chi connectivity index (χ4n) is 0.611. The molecule has 54 valence electrons. The van der Waals surface area contributed by atoms with Crippen LogP contribution in [0.1, 0.15) is 5.56 Å². The molecule has 1 aromatic heterocycles. The van der Waals surface area contributed by atoms with Gasteiger partial charge in [-0.1, -0.05) is 27.5 Å². The van der Waals surface area contributed by atoms with Gasteiger partial charge >= 0.3 is 0 Å². The highest BCUT2D eigenvalue weighted by Gasteiger charge is 2.00. The Balaban J connectivity index is 3.31. The van der Waals surface area contributed by atoms with E-state index in [4.69, 9.17) is 11.6 Å². The highest BCUT2D eigenvalue weighted by molar-refractivity contribution is 9.08. The maximum Gasteiger partial charge on any atom is 0.187 e. The molecule has 0 atom stereocenters. The maximum atomic E-state index is 10.9. The van der Waals surface area contributed by atoms with Crippen LogP contribution >= 0.6 is 27.5 Å². The summed E-state index contributed by atoms with van der Waals surface area (Å²) in [6, 6.07) is 1.45. The maximum absolute atomic E-state index is 10.9. The molecule has 1 N–H and O–H groups in total. The smallest absolute Gasteiger partial charge is 0.187 e. The van der Waals surface area contributed by atoms with Crippen LogP contribution in [-0.4, -0.2) is 4.98 Å². The van der Waals surface area contributed by atoms with Gasteiger partial charge in [-0.2, -0.15) is 0 Å². The van der Waals surface area contributed by atoms with Crippen LogP contribution in [0.2, 0.25) is 5.15 Å². The lowest BCUT2D eigenvalue weighted by atomic mass is 10.3. The second kappa shape index (κ2) is 3.21. The average molecular weight is 222 g/mol. The monoisotopic (exact) mass is 221 g/mol. The van der Waals surface area contributed by atoms with Crippen LogP contribution in [0.15, 0.2) is 17.1 Å². The standard InChI is InChI=1S/C6H5BrClNO/c7-3-4-5(10)1-2-9-6(4)8/h1-2H,3H2,(H,9,10). The number of rotatable bonds is 1. The van der Waals surface area contributed by atoms with E-state index in [1.165, 1.54) is 12.3 Å². The number of nitrogens with one attached hydrogen (secondary N) is 1. The minimum Gasteiger partial charge on any atom is -0.352 e. The van der Waals surface area contributed by atoms with E-state index in [1.54, 1.807) is 0 Å². The molecule has 2 nitrogen and oxygen atoms in total. The summed E-state index contributed by atoms with van der Waals surface area (Å²) < 4.78 is 0. The molecule has 0 amide bonds. The zero-order valence-electron chi connectivity index (χ0n) is 5.03. The van der Waals surface area contributed by atoms with Crippen molar-refractivity contribution in [3.63, 3.8) is 0 Å². The predicted octanol–water partition coefficient (Wildman–Crippen LogP) is 1.92. The number of aromatic amines is 1. The summed E-state index contributed by atoms with van der Waals surface area (Å²) in [7, 11) is 0. The number of hydrogen-bond donors (Lipinski definition) is 1. The molecule has 10 heavy (non-hydrogen) atoms. The van der Waals surface area contributed by atoms with Gasteiger partial charge in [0, 0.05) is 23.2 Å². The van der Waals surface area contributed by atoms with Crippen molar-refractivity contribution in [1.82, 2.24) is 4.98 Å².